The second kappa shape index (κ2) is 10.6. The van der Waals surface area contributed by atoms with Gasteiger partial charge in [0.05, 0.1) is 13.1 Å². The third-order valence-corrected chi connectivity index (χ3v) is 4.15. The van der Waals surface area contributed by atoms with Crippen molar-refractivity contribution in [2.75, 3.05) is 33.2 Å². The van der Waals surface area contributed by atoms with Crippen LogP contribution in [0.25, 0.3) is 11.1 Å². The van der Waals surface area contributed by atoms with Crippen LogP contribution in [0.15, 0.2) is 54.6 Å². The lowest BCUT2D eigenvalue weighted by Crippen LogP contribution is -2.38. The molecule has 0 unspecified atom stereocenters. The van der Waals surface area contributed by atoms with Crippen molar-refractivity contribution in [3.8, 4) is 11.1 Å². The third kappa shape index (κ3) is 8.35. The van der Waals surface area contributed by atoms with Crippen molar-refractivity contribution in [1.29, 1.82) is 0 Å². The average Bonchev–Trinajstić information content (AvgIpc) is 2.69. The van der Waals surface area contributed by atoms with E-state index >= 15 is 0 Å². The van der Waals surface area contributed by atoms with E-state index in [0.29, 0.717) is 12.0 Å². The van der Waals surface area contributed by atoms with E-state index < -0.39 is 18.6 Å². The summed E-state index contributed by atoms with van der Waals surface area (Å²) < 4.78 is 36.6. The highest BCUT2D eigenvalue weighted by Gasteiger charge is 2.28. The maximum atomic E-state index is 12.2. The summed E-state index contributed by atoms with van der Waals surface area (Å²) in [5.74, 6) is -0.762. The molecule has 29 heavy (non-hydrogen) atoms. The van der Waals surface area contributed by atoms with Crippen LogP contribution in [0.1, 0.15) is 16.8 Å². The number of amides is 2. The molecule has 0 radical (unpaired) electrons. The van der Waals surface area contributed by atoms with E-state index in [9.17, 15) is 22.8 Å². The van der Waals surface area contributed by atoms with E-state index in [2.05, 4.69) is 10.6 Å². The fourth-order valence-electron chi connectivity index (χ4n) is 2.73. The molecule has 8 heteroatoms. The molecule has 0 fully saturated rings. The van der Waals surface area contributed by atoms with Crippen molar-refractivity contribution in [1.82, 2.24) is 15.5 Å². The van der Waals surface area contributed by atoms with Gasteiger partial charge in [-0.25, -0.2) is 0 Å². The molecule has 2 rings (SSSR count). The topological polar surface area (TPSA) is 61.4 Å². The van der Waals surface area contributed by atoms with Gasteiger partial charge in [0.25, 0.3) is 5.91 Å². The van der Waals surface area contributed by atoms with E-state index in [1.807, 2.05) is 42.5 Å². The molecule has 0 bridgehead atoms. The first-order valence-corrected chi connectivity index (χ1v) is 9.20. The summed E-state index contributed by atoms with van der Waals surface area (Å²) in [6.45, 7) is -0.736. The van der Waals surface area contributed by atoms with Crippen LogP contribution in [0, 0.1) is 0 Å². The number of nitrogens with one attached hydrogen (secondary N) is 2. The Hall–Kier alpha value is -2.87. The maximum Gasteiger partial charge on any atom is 0.401 e. The second-order valence-electron chi connectivity index (χ2n) is 6.68. The lowest BCUT2D eigenvalue weighted by atomic mass is 10.0. The predicted octanol–water partition coefficient (Wildman–Crippen LogP) is 3.08. The van der Waals surface area contributed by atoms with Crippen LogP contribution in [-0.4, -0.2) is 56.1 Å². The van der Waals surface area contributed by atoms with Crippen LogP contribution in [0.5, 0.6) is 0 Å². The first kappa shape index (κ1) is 22.4. The van der Waals surface area contributed by atoms with E-state index in [0.717, 1.165) is 16.0 Å². The molecule has 156 valence electrons. The normalized spacial score (nSPS) is 11.3. The molecule has 0 spiro atoms. The Kier molecular flexibility index (Phi) is 8.21. The zero-order valence-electron chi connectivity index (χ0n) is 16.1. The van der Waals surface area contributed by atoms with Gasteiger partial charge in [-0.3, -0.25) is 14.5 Å². The Labute approximate surface area is 167 Å². The molecule has 0 saturated carbocycles. The summed E-state index contributed by atoms with van der Waals surface area (Å²) in [5.41, 5.74) is 2.46. The highest BCUT2D eigenvalue weighted by molar-refractivity contribution is 5.96. The second-order valence-corrected chi connectivity index (χ2v) is 6.68. The molecule has 0 aromatic heterocycles. The average molecular weight is 407 g/mol. The summed E-state index contributed by atoms with van der Waals surface area (Å²) in [6.07, 6.45) is -3.85. The van der Waals surface area contributed by atoms with Crippen molar-refractivity contribution in [2.45, 2.75) is 12.6 Å². The Bertz CT molecular complexity index is 793. The van der Waals surface area contributed by atoms with Crippen molar-refractivity contribution in [3.05, 3.63) is 60.2 Å². The fraction of sp³-hybridized carbons (Fsp3) is 0.333. The number of rotatable bonds is 9. The van der Waals surface area contributed by atoms with E-state index in [1.54, 1.807) is 12.1 Å². The van der Waals surface area contributed by atoms with E-state index in [4.69, 9.17) is 0 Å². The highest BCUT2D eigenvalue weighted by Crippen LogP contribution is 2.19. The minimum absolute atomic E-state index is 0.197. The van der Waals surface area contributed by atoms with Crippen LogP contribution >= 0.6 is 0 Å². The standard InChI is InChI=1S/C21H24F3N3O2/c1-27(15-21(22,23)24)13-5-12-25-19(28)14-26-20(29)18-10-8-17(9-11-18)16-6-3-2-4-7-16/h2-4,6-11H,5,12-15H2,1H3,(H,25,28)(H,26,29). The van der Waals surface area contributed by atoms with Crippen LogP contribution in [0.2, 0.25) is 0 Å². The molecular weight excluding hydrogens is 383 g/mol. The van der Waals surface area contributed by atoms with Gasteiger partial charge in [-0.15, -0.1) is 0 Å². The predicted molar refractivity (Wildman–Crippen MR) is 105 cm³/mol. The summed E-state index contributed by atoms with van der Waals surface area (Å²) in [4.78, 5) is 25.1. The molecule has 5 nitrogen and oxygen atoms in total. The number of carbonyl (C=O) groups excluding carboxylic acids is 2. The number of hydrogen-bond donors (Lipinski definition) is 2. The minimum atomic E-state index is -4.23. The maximum absolute atomic E-state index is 12.2. The van der Waals surface area contributed by atoms with Gasteiger partial charge in [-0.2, -0.15) is 13.2 Å². The molecule has 0 aliphatic carbocycles. The fourth-order valence-corrected chi connectivity index (χ4v) is 2.73. The molecule has 2 aromatic carbocycles. The van der Waals surface area contributed by atoms with Crippen molar-refractivity contribution in [2.24, 2.45) is 0 Å². The molecule has 2 N–H and O–H groups in total. The molecule has 0 saturated heterocycles. The van der Waals surface area contributed by atoms with Crippen LogP contribution < -0.4 is 10.6 Å². The number of nitrogens with zero attached hydrogens (tertiary/aromatic N) is 1. The first-order valence-electron chi connectivity index (χ1n) is 9.20. The summed E-state index contributed by atoms with van der Waals surface area (Å²) in [6, 6.07) is 16.8. The minimum Gasteiger partial charge on any atom is -0.355 e. The number of alkyl halides is 3. The summed E-state index contributed by atoms with van der Waals surface area (Å²) in [7, 11) is 1.37. The third-order valence-electron chi connectivity index (χ3n) is 4.15. The zero-order chi connectivity index (χ0) is 21.3. The van der Waals surface area contributed by atoms with Gasteiger partial charge < -0.3 is 10.6 Å². The smallest absolute Gasteiger partial charge is 0.355 e. The van der Waals surface area contributed by atoms with Gasteiger partial charge in [-0.05, 0) is 43.3 Å². The van der Waals surface area contributed by atoms with Crippen molar-refractivity contribution in [3.63, 3.8) is 0 Å². The largest absolute Gasteiger partial charge is 0.401 e. The monoisotopic (exact) mass is 407 g/mol. The van der Waals surface area contributed by atoms with Gasteiger partial charge in [0, 0.05) is 12.1 Å². The van der Waals surface area contributed by atoms with Gasteiger partial charge in [0.2, 0.25) is 5.91 Å². The van der Waals surface area contributed by atoms with Gasteiger partial charge in [0.15, 0.2) is 0 Å². The van der Waals surface area contributed by atoms with Crippen LogP contribution in [-0.2, 0) is 4.79 Å². The van der Waals surface area contributed by atoms with Crippen LogP contribution in [0.3, 0.4) is 0 Å². The van der Waals surface area contributed by atoms with Gasteiger partial charge >= 0.3 is 6.18 Å². The number of benzene rings is 2. The molecule has 2 amide bonds. The zero-order valence-corrected chi connectivity index (χ0v) is 16.1. The Morgan fingerprint density at radius 2 is 1.55 bits per heavy atom. The van der Waals surface area contributed by atoms with Gasteiger partial charge in [-0.1, -0.05) is 42.5 Å². The molecule has 2 aromatic rings. The van der Waals surface area contributed by atoms with E-state index in [1.165, 1.54) is 7.05 Å². The lowest BCUT2D eigenvalue weighted by Gasteiger charge is -2.18. The quantitative estimate of drug-likeness (QED) is 0.628. The Balaban J connectivity index is 1.69. The first-order chi connectivity index (χ1) is 13.7. The highest BCUT2D eigenvalue weighted by atomic mass is 19.4. The Morgan fingerprint density at radius 1 is 0.931 bits per heavy atom. The van der Waals surface area contributed by atoms with E-state index in [-0.39, 0.29) is 25.5 Å². The van der Waals surface area contributed by atoms with Crippen LogP contribution in [0.4, 0.5) is 13.2 Å². The molecular formula is C21H24F3N3O2. The molecule has 0 aliphatic rings. The number of halogens is 3. The van der Waals surface area contributed by atoms with Crippen molar-refractivity contribution < 1.29 is 22.8 Å². The van der Waals surface area contributed by atoms with Gasteiger partial charge in [0.1, 0.15) is 0 Å². The number of hydrogen-bond acceptors (Lipinski definition) is 3. The summed E-state index contributed by atoms with van der Waals surface area (Å²) >= 11 is 0. The molecule has 0 aliphatic heterocycles. The lowest BCUT2D eigenvalue weighted by molar-refractivity contribution is -0.143. The number of carbonyl (C=O) groups is 2. The SMILES string of the molecule is CN(CCCNC(=O)CNC(=O)c1ccc(-c2ccccc2)cc1)CC(F)(F)F. The Morgan fingerprint density at radius 3 is 2.17 bits per heavy atom. The van der Waals surface area contributed by atoms with Crippen molar-refractivity contribution >= 4 is 11.8 Å². The molecule has 0 heterocycles. The molecule has 0 atom stereocenters. The summed E-state index contributed by atoms with van der Waals surface area (Å²) in [5, 5.41) is 5.11.